The number of nitrogens with two attached hydrogens (primary N) is 1. The first-order chi connectivity index (χ1) is 10.6. The number of primary amides is 1. The molecule has 2 heterocycles. The summed E-state index contributed by atoms with van der Waals surface area (Å²) in [6.07, 6.45) is 1.53. The number of nitrogens with zero attached hydrogens (tertiary/aromatic N) is 2. The third-order valence-electron chi connectivity index (χ3n) is 3.64. The average Bonchev–Trinajstić information content (AvgIpc) is 2.53. The second-order valence-corrected chi connectivity index (χ2v) is 5.07. The normalized spacial score (nSPS) is 12.3. The van der Waals surface area contributed by atoms with Gasteiger partial charge < -0.3 is 5.73 Å². The molecule has 3 aromatic rings. The van der Waals surface area contributed by atoms with Crippen molar-refractivity contribution in [3.05, 3.63) is 71.4 Å². The highest BCUT2D eigenvalue weighted by atomic mass is 19.1. The molecule has 2 N–H and O–H groups in total. The highest BCUT2D eigenvalue weighted by Gasteiger charge is 2.19. The number of rotatable bonds is 3. The predicted octanol–water partition coefficient (Wildman–Crippen LogP) is 3.02. The smallest absolute Gasteiger partial charge is 0.249 e. The Bertz CT molecular complexity index is 863. The topological polar surface area (TPSA) is 68.9 Å². The summed E-state index contributed by atoms with van der Waals surface area (Å²) in [6.45, 7) is 1.80. The third-order valence-corrected chi connectivity index (χ3v) is 3.64. The van der Waals surface area contributed by atoms with Crippen LogP contribution in [0.5, 0.6) is 0 Å². The minimum Gasteiger partial charge on any atom is -0.366 e. The lowest BCUT2D eigenvalue weighted by molar-refractivity contribution is 0.100. The van der Waals surface area contributed by atoms with Crippen LogP contribution in [0, 0.1) is 5.82 Å². The number of carbonyl (C=O) groups is 1. The highest BCUT2D eigenvalue weighted by molar-refractivity contribution is 6.05. The summed E-state index contributed by atoms with van der Waals surface area (Å²) in [4.78, 5) is 20.3. The Hall–Kier alpha value is -2.82. The van der Waals surface area contributed by atoms with Crippen LogP contribution >= 0.6 is 0 Å². The van der Waals surface area contributed by atoms with Gasteiger partial charge in [0.15, 0.2) is 0 Å². The van der Waals surface area contributed by atoms with Crippen LogP contribution in [0.1, 0.15) is 34.6 Å². The molecule has 0 spiro atoms. The molecule has 110 valence electrons. The van der Waals surface area contributed by atoms with Gasteiger partial charge in [-0.2, -0.15) is 0 Å². The quantitative estimate of drug-likeness (QED) is 0.807. The summed E-state index contributed by atoms with van der Waals surface area (Å²) in [5.74, 6) is -1.32. The second-order valence-electron chi connectivity index (χ2n) is 5.07. The molecule has 1 atom stereocenters. The lowest BCUT2D eigenvalue weighted by Crippen LogP contribution is -2.14. The van der Waals surface area contributed by atoms with Crippen LogP contribution in [0.3, 0.4) is 0 Å². The standard InChI is InChI=1S/C17H14FN3O/c1-10(16-13(18)6-4-8-20-16)15-9-12(17(19)22)11-5-2-3-7-14(11)21-15/h2-10H,1H3,(H2,19,22)/t10-/m0/s1. The largest absolute Gasteiger partial charge is 0.366 e. The van der Waals surface area contributed by atoms with Crippen molar-refractivity contribution < 1.29 is 9.18 Å². The van der Waals surface area contributed by atoms with Crippen LogP contribution in [0.4, 0.5) is 4.39 Å². The lowest BCUT2D eigenvalue weighted by atomic mass is 9.98. The van der Waals surface area contributed by atoms with Crippen molar-refractivity contribution in [3.63, 3.8) is 0 Å². The van der Waals surface area contributed by atoms with Crippen LogP contribution < -0.4 is 5.73 Å². The molecule has 0 aliphatic rings. The van der Waals surface area contributed by atoms with E-state index in [-0.39, 0.29) is 5.92 Å². The van der Waals surface area contributed by atoms with E-state index in [1.165, 1.54) is 18.3 Å². The third kappa shape index (κ3) is 2.41. The molecule has 5 heteroatoms. The van der Waals surface area contributed by atoms with Gasteiger partial charge in [-0.25, -0.2) is 4.39 Å². The van der Waals surface area contributed by atoms with E-state index in [2.05, 4.69) is 9.97 Å². The number of pyridine rings is 2. The van der Waals surface area contributed by atoms with E-state index in [4.69, 9.17) is 5.73 Å². The zero-order valence-electron chi connectivity index (χ0n) is 12.0. The average molecular weight is 295 g/mol. The van der Waals surface area contributed by atoms with E-state index in [1.807, 2.05) is 12.1 Å². The van der Waals surface area contributed by atoms with E-state index in [0.29, 0.717) is 27.9 Å². The van der Waals surface area contributed by atoms with Gasteiger partial charge >= 0.3 is 0 Å². The Kier molecular flexibility index (Phi) is 3.55. The summed E-state index contributed by atoms with van der Waals surface area (Å²) in [5, 5.41) is 0.687. The van der Waals surface area contributed by atoms with Crippen molar-refractivity contribution in [2.45, 2.75) is 12.8 Å². The molecule has 0 aliphatic heterocycles. The first-order valence-corrected chi connectivity index (χ1v) is 6.88. The van der Waals surface area contributed by atoms with Crippen molar-refractivity contribution in [2.75, 3.05) is 0 Å². The Balaban J connectivity index is 2.19. The summed E-state index contributed by atoms with van der Waals surface area (Å²) >= 11 is 0. The monoisotopic (exact) mass is 295 g/mol. The molecule has 2 aromatic heterocycles. The van der Waals surface area contributed by atoms with Gasteiger partial charge in [-0.1, -0.05) is 25.1 Å². The Morgan fingerprint density at radius 3 is 2.73 bits per heavy atom. The zero-order chi connectivity index (χ0) is 15.7. The first kappa shape index (κ1) is 14.1. The maximum atomic E-state index is 13.9. The van der Waals surface area contributed by atoms with Crippen LogP contribution in [-0.4, -0.2) is 15.9 Å². The molecule has 0 unspecified atom stereocenters. The van der Waals surface area contributed by atoms with Crippen molar-refractivity contribution in [1.29, 1.82) is 0 Å². The Labute approximate surface area is 126 Å². The number of carbonyl (C=O) groups excluding carboxylic acids is 1. The Morgan fingerprint density at radius 1 is 1.23 bits per heavy atom. The maximum absolute atomic E-state index is 13.9. The second kappa shape index (κ2) is 5.52. The number of amides is 1. The van der Waals surface area contributed by atoms with Gasteiger partial charge in [0.25, 0.3) is 0 Å². The van der Waals surface area contributed by atoms with Crippen LogP contribution in [-0.2, 0) is 0 Å². The molecule has 22 heavy (non-hydrogen) atoms. The molecular formula is C17H14FN3O. The Morgan fingerprint density at radius 2 is 2.00 bits per heavy atom. The van der Waals surface area contributed by atoms with Gasteiger partial charge in [-0.15, -0.1) is 0 Å². The van der Waals surface area contributed by atoms with Gasteiger partial charge in [0, 0.05) is 17.5 Å². The fraction of sp³-hybridized carbons (Fsp3) is 0.118. The minimum absolute atomic E-state index is 0.292. The number of hydrogen-bond acceptors (Lipinski definition) is 3. The molecule has 0 fully saturated rings. The summed E-state index contributed by atoms with van der Waals surface area (Å²) in [7, 11) is 0. The number of hydrogen-bond donors (Lipinski definition) is 1. The number of para-hydroxylation sites is 1. The number of halogens is 1. The van der Waals surface area contributed by atoms with E-state index >= 15 is 0 Å². The number of benzene rings is 1. The zero-order valence-corrected chi connectivity index (χ0v) is 12.0. The summed E-state index contributed by atoms with van der Waals surface area (Å²) in [6, 6.07) is 11.7. The molecule has 0 aliphatic carbocycles. The fourth-order valence-electron chi connectivity index (χ4n) is 2.48. The number of aromatic nitrogens is 2. The molecule has 4 nitrogen and oxygen atoms in total. The van der Waals surface area contributed by atoms with Gasteiger partial charge in [0.1, 0.15) is 5.82 Å². The molecule has 0 radical (unpaired) electrons. The van der Waals surface area contributed by atoms with Crippen LogP contribution in [0.25, 0.3) is 10.9 Å². The first-order valence-electron chi connectivity index (χ1n) is 6.88. The molecule has 0 saturated carbocycles. The van der Waals surface area contributed by atoms with Crippen molar-refractivity contribution in [2.24, 2.45) is 5.73 Å². The van der Waals surface area contributed by atoms with E-state index in [0.717, 1.165) is 0 Å². The van der Waals surface area contributed by atoms with E-state index in [1.54, 1.807) is 25.1 Å². The molecule has 0 saturated heterocycles. The van der Waals surface area contributed by atoms with Gasteiger partial charge in [0.05, 0.1) is 22.5 Å². The fourth-order valence-corrected chi connectivity index (χ4v) is 2.48. The lowest BCUT2D eigenvalue weighted by Gasteiger charge is -2.14. The molecular weight excluding hydrogens is 281 g/mol. The van der Waals surface area contributed by atoms with E-state index in [9.17, 15) is 9.18 Å². The van der Waals surface area contributed by atoms with Gasteiger partial charge in [0.2, 0.25) is 5.91 Å². The van der Waals surface area contributed by atoms with E-state index < -0.39 is 11.7 Å². The van der Waals surface area contributed by atoms with Crippen molar-refractivity contribution >= 4 is 16.8 Å². The van der Waals surface area contributed by atoms with Gasteiger partial charge in [-0.05, 0) is 24.3 Å². The maximum Gasteiger partial charge on any atom is 0.249 e. The molecule has 1 aromatic carbocycles. The van der Waals surface area contributed by atoms with Crippen molar-refractivity contribution in [3.8, 4) is 0 Å². The SMILES string of the molecule is C[C@@H](c1cc(C(N)=O)c2ccccc2n1)c1ncccc1F. The van der Waals surface area contributed by atoms with Crippen molar-refractivity contribution in [1.82, 2.24) is 9.97 Å². The predicted molar refractivity (Wildman–Crippen MR) is 82.0 cm³/mol. The molecule has 3 rings (SSSR count). The van der Waals surface area contributed by atoms with Gasteiger partial charge in [-0.3, -0.25) is 14.8 Å². The summed E-state index contributed by atoms with van der Waals surface area (Å²) in [5.41, 5.74) is 7.34. The highest BCUT2D eigenvalue weighted by Crippen LogP contribution is 2.27. The minimum atomic E-state index is -0.534. The molecule has 0 bridgehead atoms. The number of fused-ring (bicyclic) bond motifs is 1. The van der Waals surface area contributed by atoms with Crippen LogP contribution in [0.15, 0.2) is 48.7 Å². The molecule has 1 amide bonds. The van der Waals surface area contributed by atoms with Crippen LogP contribution in [0.2, 0.25) is 0 Å². The summed E-state index contributed by atoms with van der Waals surface area (Å²) < 4.78 is 13.9.